The standard InChI is InChI=1S/C25H23FN4O3/c1-15-10-22(33-14-25(2,3)24(31)32)28-12-19(15)17-6-9-20(27-11-17)23-29-13-21(30-23)16-4-7-18(26)8-5-16/h4-13H,14H2,1-3H3,(H,29,30)(H,31,32). The zero-order valence-corrected chi connectivity index (χ0v) is 18.5. The molecule has 0 radical (unpaired) electrons. The van der Waals surface area contributed by atoms with Gasteiger partial charge in [-0.1, -0.05) is 6.07 Å². The van der Waals surface area contributed by atoms with E-state index in [1.165, 1.54) is 12.1 Å². The summed E-state index contributed by atoms with van der Waals surface area (Å²) in [5, 5.41) is 9.21. The van der Waals surface area contributed by atoms with Gasteiger partial charge in [-0.3, -0.25) is 9.78 Å². The summed E-state index contributed by atoms with van der Waals surface area (Å²) in [5.41, 5.74) is 3.99. The molecular weight excluding hydrogens is 423 g/mol. The summed E-state index contributed by atoms with van der Waals surface area (Å²) in [4.78, 5) is 27.7. The molecule has 4 aromatic rings. The zero-order chi connectivity index (χ0) is 23.6. The van der Waals surface area contributed by atoms with Crippen molar-refractivity contribution in [3.8, 4) is 39.8 Å². The van der Waals surface area contributed by atoms with Gasteiger partial charge in [-0.2, -0.15) is 0 Å². The van der Waals surface area contributed by atoms with Crippen molar-refractivity contribution in [1.82, 2.24) is 19.9 Å². The predicted octanol–water partition coefficient (Wildman–Crippen LogP) is 5.14. The van der Waals surface area contributed by atoms with Crippen molar-refractivity contribution in [2.75, 3.05) is 6.61 Å². The molecule has 2 N–H and O–H groups in total. The van der Waals surface area contributed by atoms with Gasteiger partial charge in [-0.15, -0.1) is 0 Å². The van der Waals surface area contributed by atoms with Crippen LogP contribution < -0.4 is 4.74 Å². The Hall–Kier alpha value is -4.07. The number of benzene rings is 1. The first kappa shape index (κ1) is 22.1. The number of aromatic nitrogens is 4. The summed E-state index contributed by atoms with van der Waals surface area (Å²) in [6.45, 7) is 5.16. The minimum Gasteiger partial charge on any atom is -0.481 e. The summed E-state index contributed by atoms with van der Waals surface area (Å²) in [7, 11) is 0. The third kappa shape index (κ3) is 4.90. The first-order valence-corrected chi connectivity index (χ1v) is 10.3. The van der Waals surface area contributed by atoms with Crippen LogP contribution in [0.4, 0.5) is 4.39 Å². The Labute approximate surface area is 190 Å². The minimum atomic E-state index is -1.00. The van der Waals surface area contributed by atoms with Crippen LogP contribution >= 0.6 is 0 Å². The number of aliphatic carboxylic acids is 1. The SMILES string of the molecule is Cc1cc(OCC(C)(C)C(=O)O)ncc1-c1ccc(-c2ncc(-c3ccc(F)cc3)[nH]2)nc1. The van der Waals surface area contributed by atoms with E-state index in [1.54, 1.807) is 50.6 Å². The van der Waals surface area contributed by atoms with E-state index in [0.29, 0.717) is 17.4 Å². The maximum atomic E-state index is 13.1. The molecule has 0 bridgehead atoms. The number of pyridine rings is 2. The lowest BCUT2D eigenvalue weighted by atomic mass is 9.95. The van der Waals surface area contributed by atoms with E-state index >= 15 is 0 Å². The fourth-order valence-corrected chi connectivity index (χ4v) is 3.15. The Kier molecular flexibility index (Phi) is 5.91. The molecule has 0 saturated carbocycles. The Morgan fingerprint density at radius 3 is 2.39 bits per heavy atom. The molecule has 0 fully saturated rings. The first-order valence-electron chi connectivity index (χ1n) is 10.3. The van der Waals surface area contributed by atoms with Crippen molar-refractivity contribution in [2.45, 2.75) is 20.8 Å². The van der Waals surface area contributed by atoms with Crippen molar-refractivity contribution >= 4 is 5.97 Å². The van der Waals surface area contributed by atoms with Crippen LogP contribution in [0.3, 0.4) is 0 Å². The zero-order valence-electron chi connectivity index (χ0n) is 18.5. The van der Waals surface area contributed by atoms with Crippen LogP contribution in [0.1, 0.15) is 19.4 Å². The number of H-pyrrole nitrogens is 1. The number of carboxylic acids is 1. The summed E-state index contributed by atoms with van der Waals surface area (Å²) in [5.74, 6) is -0.229. The van der Waals surface area contributed by atoms with Crippen molar-refractivity contribution in [2.24, 2.45) is 5.41 Å². The average molecular weight is 446 g/mol. The van der Waals surface area contributed by atoms with Gasteiger partial charge in [0.1, 0.15) is 18.1 Å². The number of nitrogens with zero attached hydrogens (tertiary/aromatic N) is 3. The van der Waals surface area contributed by atoms with E-state index < -0.39 is 11.4 Å². The molecule has 4 rings (SSSR count). The number of aromatic amines is 1. The highest BCUT2D eigenvalue weighted by Gasteiger charge is 2.28. The molecule has 3 aromatic heterocycles. The summed E-state index contributed by atoms with van der Waals surface area (Å²) in [6, 6.07) is 11.8. The van der Waals surface area contributed by atoms with Crippen LogP contribution in [-0.2, 0) is 4.79 Å². The number of imidazole rings is 1. The monoisotopic (exact) mass is 446 g/mol. The van der Waals surface area contributed by atoms with E-state index in [2.05, 4.69) is 19.9 Å². The topological polar surface area (TPSA) is 101 Å². The Morgan fingerprint density at radius 1 is 1.03 bits per heavy atom. The molecule has 8 heteroatoms. The maximum Gasteiger partial charge on any atom is 0.312 e. The van der Waals surface area contributed by atoms with Gasteiger partial charge >= 0.3 is 5.97 Å². The van der Waals surface area contributed by atoms with Crippen LogP contribution in [0.25, 0.3) is 33.9 Å². The van der Waals surface area contributed by atoms with Gasteiger partial charge in [0.25, 0.3) is 0 Å². The minimum absolute atomic E-state index is 0.0213. The molecular formula is C25H23FN4O3. The molecule has 0 aliphatic heterocycles. The lowest BCUT2D eigenvalue weighted by Gasteiger charge is -2.19. The van der Waals surface area contributed by atoms with Crippen LogP contribution in [-0.4, -0.2) is 37.6 Å². The van der Waals surface area contributed by atoms with E-state index in [4.69, 9.17) is 4.74 Å². The highest BCUT2D eigenvalue weighted by Crippen LogP contribution is 2.27. The third-order valence-corrected chi connectivity index (χ3v) is 5.29. The van der Waals surface area contributed by atoms with Crippen LogP contribution in [0.5, 0.6) is 5.88 Å². The van der Waals surface area contributed by atoms with Crippen molar-refractivity contribution in [3.63, 3.8) is 0 Å². The molecule has 0 spiro atoms. The number of rotatable bonds is 7. The van der Waals surface area contributed by atoms with Crippen molar-refractivity contribution in [1.29, 1.82) is 0 Å². The lowest BCUT2D eigenvalue weighted by Crippen LogP contribution is -2.30. The number of ether oxygens (including phenoxy) is 1. The van der Waals surface area contributed by atoms with Gasteiger partial charge in [-0.05, 0) is 62.2 Å². The van der Waals surface area contributed by atoms with Gasteiger partial charge in [0, 0.05) is 29.6 Å². The number of carboxylic acid groups (broad SMARTS) is 1. The highest BCUT2D eigenvalue weighted by atomic mass is 19.1. The molecule has 168 valence electrons. The summed E-state index contributed by atoms with van der Waals surface area (Å²) in [6.07, 6.45) is 5.12. The smallest absolute Gasteiger partial charge is 0.312 e. The van der Waals surface area contributed by atoms with Crippen molar-refractivity contribution in [3.05, 3.63) is 72.4 Å². The fourth-order valence-electron chi connectivity index (χ4n) is 3.15. The van der Waals surface area contributed by atoms with E-state index in [0.717, 1.165) is 27.9 Å². The average Bonchev–Trinajstić information content (AvgIpc) is 3.29. The fraction of sp³-hybridized carbons (Fsp3) is 0.200. The second-order valence-corrected chi connectivity index (χ2v) is 8.40. The molecule has 0 aliphatic rings. The van der Waals surface area contributed by atoms with Gasteiger partial charge in [-0.25, -0.2) is 14.4 Å². The van der Waals surface area contributed by atoms with Gasteiger partial charge in [0.15, 0.2) is 5.82 Å². The van der Waals surface area contributed by atoms with E-state index in [-0.39, 0.29) is 12.4 Å². The van der Waals surface area contributed by atoms with Gasteiger partial charge in [0.05, 0.1) is 17.3 Å². The Bertz CT molecular complexity index is 1280. The number of hydrogen-bond donors (Lipinski definition) is 2. The largest absolute Gasteiger partial charge is 0.481 e. The molecule has 3 heterocycles. The first-order chi connectivity index (χ1) is 15.7. The molecule has 0 unspecified atom stereocenters. The van der Waals surface area contributed by atoms with Gasteiger partial charge < -0.3 is 14.8 Å². The lowest BCUT2D eigenvalue weighted by molar-refractivity contribution is -0.148. The second kappa shape index (κ2) is 8.82. The van der Waals surface area contributed by atoms with Crippen molar-refractivity contribution < 1.29 is 19.0 Å². The molecule has 1 aromatic carbocycles. The molecule has 33 heavy (non-hydrogen) atoms. The molecule has 0 amide bonds. The molecule has 7 nitrogen and oxygen atoms in total. The number of carbonyl (C=O) groups is 1. The third-order valence-electron chi connectivity index (χ3n) is 5.29. The number of aryl methyl sites for hydroxylation is 1. The highest BCUT2D eigenvalue weighted by molar-refractivity contribution is 5.73. The Balaban J connectivity index is 1.49. The molecule has 0 saturated heterocycles. The number of nitrogens with one attached hydrogen (secondary N) is 1. The second-order valence-electron chi connectivity index (χ2n) is 8.40. The number of hydrogen-bond acceptors (Lipinski definition) is 5. The van der Waals surface area contributed by atoms with Crippen LogP contribution in [0.2, 0.25) is 0 Å². The molecule has 0 atom stereocenters. The Morgan fingerprint density at radius 2 is 1.76 bits per heavy atom. The summed E-state index contributed by atoms with van der Waals surface area (Å²) >= 11 is 0. The predicted molar refractivity (Wildman–Crippen MR) is 122 cm³/mol. The normalized spacial score (nSPS) is 11.4. The number of halogens is 1. The summed E-state index contributed by atoms with van der Waals surface area (Å²) < 4.78 is 18.7. The van der Waals surface area contributed by atoms with E-state index in [9.17, 15) is 14.3 Å². The van der Waals surface area contributed by atoms with Crippen LogP contribution in [0, 0.1) is 18.2 Å². The molecule has 0 aliphatic carbocycles. The van der Waals surface area contributed by atoms with Crippen LogP contribution in [0.15, 0.2) is 61.1 Å². The van der Waals surface area contributed by atoms with E-state index in [1.807, 2.05) is 19.1 Å². The quantitative estimate of drug-likeness (QED) is 0.408. The van der Waals surface area contributed by atoms with Gasteiger partial charge in [0.2, 0.25) is 5.88 Å². The maximum absolute atomic E-state index is 13.1.